The molecular weight excluding hydrogens is 294 g/mol. The lowest BCUT2D eigenvalue weighted by molar-refractivity contribution is -0.122. The van der Waals surface area contributed by atoms with E-state index in [1.807, 2.05) is 6.92 Å². The van der Waals surface area contributed by atoms with E-state index in [2.05, 4.69) is 15.7 Å². The molecule has 0 radical (unpaired) electrons. The van der Waals surface area contributed by atoms with Crippen LogP contribution < -0.4 is 16.4 Å². The predicted molar refractivity (Wildman–Crippen MR) is 87.8 cm³/mol. The number of carbonyl (C=O) groups is 2. The summed E-state index contributed by atoms with van der Waals surface area (Å²) in [5.74, 6) is -0.242. The van der Waals surface area contributed by atoms with Gasteiger partial charge in [0.25, 0.3) is 5.91 Å². The first-order valence-electron chi connectivity index (χ1n) is 8.40. The fourth-order valence-electron chi connectivity index (χ4n) is 2.75. The maximum absolute atomic E-state index is 12.0. The monoisotopic (exact) mass is 321 g/mol. The van der Waals surface area contributed by atoms with Crippen molar-refractivity contribution >= 4 is 11.8 Å². The lowest BCUT2D eigenvalue weighted by Gasteiger charge is -2.22. The normalized spacial score (nSPS) is 16.8. The number of nitrogens with two attached hydrogens (primary N) is 1. The molecule has 7 nitrogen and oxygen atoms in total. The summed E-state index contributed by atoms with van der Waals surface area (Å²) in [7, 11) is 0. The van der Waals surface area contributed by atoms with Gasteiger partial charge in [-0.1, -0.05) is 19.3 Å². The van der Waals surface area contributed by atoms with E-state index in [0.29, 0.717) is 12.1 Å². The molecule has 1 atom stereocenters. The molecule has 128 valence electrons. The van der Waals surface area contributed by atoms with Crippen molar-refractivity contribution in [1.82, 2.24) is 20.4 Å². The largest absolute Gasteiger partial charge is 0.352 e. The van der Waals surface area contributed by atoms with Gasteiger partial charge in [-0.15, -0.1) is 0 Å². The summed E-state index contributed by atoms with van der Waals surface area (Å²) in [6, 6.07) is 0.342. The molecule has 0 aliphatic heterocycles. The summed E-state index contributed by atoms with van der Waals surface area (Å²) < 4.78 is 1.50. The molecule has 7 heteroatoms. The summed E-state index contributed by atoms with van der Waals surface area (Å²) in [4.78, 5) is 24.0. The first kappa shape index (κ1) is 17.5. The van der Waals surface area contributed by atoms with Crippen LogP contribution in [0.1, 0.15) is 55.8 Å². The highest BCUT2D eigenvalue weighted by Gasteiger charge is 2.16. The van der Waals surface area contributed by atoms with Crippen molar-refractivity contribution in [3.8, 4) is 0 Å². The van der Waals surface area contributed by atoms with Crippen molar-refractivity contribution in [3.05, 3.63) is 18.0 Å². The molecular formula is C16H27N5O2. The van der Waals surface area contributed by atoms with Crippen LogP contribution in [-0.2, 0) is 11.3 Å². The van der Waals surface area contributed by atoms with Crippen molar-refractivity contribution in [2.45, 2.75) is 64.1 Å². The molecule has 2 rings (SSSR count). The van der Waals surface area contributed by atoms with Gasteiger partial charge in [0, 0.05) is 24.8 Å². The van der Waals surface area contributed by atoms with Crippen LogP contribution in [0.25, 0.3) is 0 Å². The van der Waals surface area contributed by atoms with Crippen LogP contribution in [0.2, 0.25) is 0 Å². The second-order valence-corrected chi connectivity index (χ2v) is 6.35. The van der Waals surface area contributed by atoms with Gasteiger partial charge in [-0.2, -0.15) is 5.10 Å². The summed E-state index contributed by atoms with van der Waals surface area (Å²) in [6.45, 7) is 2.57. The number of nitrogens with one attached hydrogen (secondary N) is 2. The zero-order chi connectivity index (χ0) is 16.7. The molecule has 1 aliphatic carbocycles. The molecule has 1 aliphatic rings. The second-order valence-electron chi connectivity index (χ2n) is 6.35. The minimum Gasteiger partial charge on any atom is -0.352 e. The smallest absolute Gasteiger partial charge is 0.254 e. The van der Waals surface area contributed by atoms with Gasteiger partial charge in [0.05, 0.1) is 11.8 Å². The third kappa shape index (κ3) is 6.02. The summed E-state index contributed by atoms with van der Waals surface area (Å²) in [5, 5.41) is 9.91. The third-order valence-corrected chi connectivity index (χ3v) is 4.06. The molecule has 2 amide bonds. The minimum atomic E-state index is -0.190. The first-order valence-corrected chi connectivity index (χ1v) is 8.40. The average Bonchev–Trinajstić information content (AvgIpc) is 2.96. The van der Waals surface area contributed by atoms with Gasteiger partial charge >= 0.3 is 0 Å². The Morgan fingerprint density at radius 1 is 1.39 bits per heavy atom. The number of amides is 2. The van der Waals surface area contributed by atoms with Gasteiger partial charge in [-0.3, -0.25) is 14.3 Å². The Hall–Kier alpha value is -1.89. The second kappa shape index (κ2) is 8.67. The molecule has 23 heavy (non-hydrogen) atoms. The maximum atomic E-state index is 12.0. The fourth-order valence-corrected chi connectivity index (χ4v) is 2.75. The zero-order valence-electron chi connectivity index (χ0n) is 13.8. The molecule has 1 aromatic rings. The van der Waals surface area contributed by atoms with E-state index in [1.165, 1.54) is 30.1 Å². The van der Waals surface area contributed by atoms with Gasteiger partial charge in [0.1, 0.15) is 6.54 Å². The maximum Gasteiger partial charge on any atom is 0.254 e. The van der Waals surface area contributed by atoms with E-state index in [9.17, 15) is 9.59 Å². The summed E-state index contributed by atoms with van der Waals surface area (Å²) in [6.07, 6.45) is 9.53. The highest BCUT2D eigenvalue weighted by molar-refractivity contribution is 5.93. The SMILES string of the molecule is CC(N)CCNC(=O)c1cnn(CC(=O)NC2CCCCC2)c1. The number of aromatic nitrogens is 2. The molecule has 1 saturated carbocycles. The van der Waals surface area contributed by atoms with Crippen LogP contribution in [0.15, 0.2) is 12.4 Å². The molecule has 0 bridgehead atoms. The fraction of sp³-hybridized carbons (Fsp3) is 0.688. The zero-order valence-corrected chi connectivity index (χ0v) is 13.8. The van der Waals surface area contributed by atoms with Crippen LogP contribution >= 0.6 is 0 Å². The van der Waals surface area contributed by atoms with E-state index in [4.69, 9.17) is 5.73 Å². The van der Waals surface area contributed by atoms with E-state index in [1.54, 1.807) is 6.20 Å². The Bertz CT molecular complexity index is 520. The number of hydrogen-bond acceptors (Lipinski definition) is 4. The van der Waals surface area contributed by atoms with E-state index in [-0.39, 0.29) is 30.4 Å². The van der Waals surface area contributed by atoms with E-state index < -0.39 is 0 Å². The molecule has 0 saturated heterocycles. The molecule has 1 aromatic heterocycles. The Morgan fingerprint density at radius 3 is 2.83 bits per heavy atom. The highest BCUT2D eigenvalue weighted by atomic mass is 16.2. The van der Waals surface area contributed by atoms with Crippen molar-refractivity contribution in [2.75, 3.05) is 6.54 Å². The summed E-state index contributed by atoms with van der Waals surface area (Å²) >= 11 is 0. The van der Waals surface area contributed by atoms with Crippen molar-refractivity contribution in [2.24, 2.45) is 5.73 Å². The third-order valence-electron chi connectivity index (χ3n) is 4.06. The Balaban J connectivity index is 1.77. The molecule has 1 unspecified atom stereocenters. The molecule has 4 N–H and O–H groups in total. The molecule has 1 fully saturated rings. The van der Waals surface area contributed by atoms with Crippen LogP contribution in [0.3, 0.4) is 0 Å². The topological polar surface area (TPSA) is 102 Å². The van der Waals surface area contributed by atoms with Crippen LogP contribution in [0.5, 0.6) is 0 Å². The molecule has 0 aromatic carbocycles. The molecule has 1 heterocycles. The lowest BCUT2D eigenvalue weighted by atomic mass is 9.95. The standard InChI is InChI=1S/C16H27N5O2/c1-12(17)7-8-18-16(23)13-9-19-21(10-13)11-15(22)20-14-5-3-2-4-6-14/h9-10,12,14H,2-8,11,17H2,1H3,(H,18,23)(H,20,22). The number of rotatable bonds is 7. The lowest BCUT2D eigenvalue weighted by Crippen LogP contribution is -2.38. The van der Waals surface area contributed by atoms with Gasteiger partial charge < -0.3 is 16.4 Å². The Kier molecular flexibility index (Phi) is 6.58. The van der Waals surface area contributed by atoms with Crippen molar-refractivity contribution < 1.29 is 9.59 Å². The van der Waals surface area contributed by atoms with Crippen LogP contribution in [-0.4, -0.2) is 40.2 Å². The van der Waals surface area contributed by atoms with Gasteiger partial charge in [-0.25, -0.2) is 0 Å². The first-order chi connectivity index (χ1) is 11.0. The van der Waals surface area contributed by atoms with Crippen molar-refractivity contribution in [3.63, 3.8) is 0 Å². The van der Waals surface area contributed by atoms with Gasteiger partial charge in [0.2, 0.25) is 5.91 Å². The van der Waals surface area contributed by atoms with E-state index in [0.717, 1.165) is 19.3 Å². The van der Waals surface area contributed by atoms with Crippen LogP contribution in [0, 0.1) is 0 Å². The number of hydrogen-bond donors (Lipinski definition) is 3. The van der Waals surface area contributed by atoms with Gasteiger partial charge in [0.15, 0.2) is 0 Å². The number of nitrogens with zero attached hydrogens (tertiary/aromatic N) is 2. The highest BCUT2D eigenvalue weighted by Crippen LogP contribution is 2.17. The average molecular weight is 321 g/mol. The van der Waals surface area contributed by atoms with Crippen LogP contribution in [0.4, 0.5) is 0 Å². The quantitative estimate of drug-likeness (QED) is 0.691. The Morgan fingerprint density at radius 2 is 2.13 bits per heavy atom. The van der Waals surface area contributed by atoms with Crippen molar-refractivity contribution in [1.29, 1.82) is 0 Å². The molecule has 0 spiro atoms. The summed E-state index contributed by atoms with van der Waals surface area (Å²) in [5.41, 5.74) is 6.10. The minimum absolute atomic E-state index is 0.0519. The Labute approximate surface area is 137 Å². The van der Waals surface area contributed by atoms with E-state index >= 15 is 0 Å². The van der Waals surface area contributed by atoms with Gasteiger partial charge in [-0.05, 0) is 26.2 Å². The predicted octanol–water partition coefficient (Wildman–Crippen LogP) is 0.799. The number of carbonyl (C=O) groups excluding carboxylic acids is 2.